The Kier molecular flexibility index (Phi) is 6.13. The number of rotatable bonds is 4. The number of ether oxygens (including phenoxy) is 3. The van der Waals surface area contributed by atoms with Crippen LogP contribution in [-0.2, 0) is 9.59 Å². The molecule has 1 aromatic carbocycles. The molecule has 0 unspecified atom stereocenters. The van der Waals surface area contributed by atoms with Crippen molar-refractivity contribution in [3.8, 4) is 17.2 Å². The van der Waals surface area contributed by atoms with Crippen LogP contribution in [0.1, 0.15) is 39.0 Å². The van der Waals surface area contributed by atoms with Crippen molar-refractivity contribution in [3.63, 3.8) is 0 Å². The molecule has 0 radical (unpaired) electrons. The molecule has 8 nitrogen and oxygen atoms in total. The number of benzene rings is 1. The van der Waals surface area contributed by atoms with Crippen LogP contribution in [0.25, 0.3) is 0 Å². The lowest BCUT2D eigenvalue weighted by molar-refractivity contribution is -0.142. The largest absolute Gasteiger partial charge is 0.488 e. The molecule has 2 saturated heterocycles. The fourth-order valence-corrected chi connectivity index (χ4v) is 5.24. The van der Waals surface area contributed by atoms with Gasteiger partial charge in [-0.25, -0.2) is 0 Å². The van der Waals surface area contributed by atoms with Gasteiger partial charge in [0.2, 0.25) is 11.8 Å². The van der Waals surface area contributed by atoms with Gasteiger partial charge in [-0.1, -0.05) is 6.42 Å². The standard InChI is InChI=1S/C24H33N3O5/c1-17(28)27-16-20(32-19-6-7-22-23(15-19)31-13-12-30-22)14-21(27)24(29)26-9-3-8-25(10-11-26)18-4-2-5-18/h6-7,15,18,20-21H,2-5,8-14,16H2,1H3/t20-,21+/m0/s1. The van der Waals surface area contributed by atoms with Crippen molar-refractivity contribution in [3.05, 3.63) is 18.2 Å². The summed E-state index contributed by atoms with van der Waals surface area (Å²) in [7, 11) is 0. The van der Waals surface area contributed by atoms with Gasteiger partial charge < -0.3 is 24.0 Å². The zero-order valence-electron chi connectivity index (χ0n) is 18.8. The summed E-state index contributed by atoms with van der Waals surface area (Å²) in [5.74, 6) is 2.03. The van der Waals surface area contributed by atoms with Crippen LogP contribution in [0.2, 0.25) is 0 Å². The molecule has 4 aliphatic rings. The Balaban J connectivity index is 1.23. The van der Waals surface area contributed by atoms with Gasteiger partial charge >= 0.3 is 0 Å². The van der Waals surface area contributed by atoms with Crippen molar-refractivity contribution in [2.24, 2.45) is 0 Å². The number of nitrogens with zero attached hydrogens (tertiary/aromatic N) is 3. The van der Waals surface area contributed by atoms with Crippen molar-refractivity contribution in [2.75, 3.05) is 45.9 Å². The molecule has 3 heterocycles. The zero-order chi connectivity index (χ0) is 22.1. The Labute approximate surface area is 189 Å². The van der Waals surface area contributed by atoms with Gasteiger partial charge in [-0.2, -0.15) is 0 Å². The van der Waals surface area contributed by atoms with E-state index >= 15 is 0 Å². The highest BCUT2D eigenvalue weighted by atomic mass is 16.6. The molecule has 5 rings (SSSR count). The Morgan fingerprint density at radius 2 is 1.81 bits per heavy atom. The van der Waals surface area contributed by atoms with Crippen LogP contribution < -0.4 is 14.2 Å². The van der Waals surface area contributed by atoms with E-state index in [1.54, 1.807) is 4.90 Å². The summed E-state index contributed by atoms with van der Waals surface area (Å²) in [6.07, 6.45) is 5.17. The monoisotopic (exact) mass is 443 g/mol. The fraction of sp³-hybridized carbons (Fsp3) is 0.667. The number of hydrogen-bond acceptors (Lipinski definition) is 6. The van der Waals surface area contributed by atoms with Crippen molar-refractivity contribution in [2.45, 2.75) is 57.2 Å². The first kappa shape index (κ1) is 21.4. The highest BCUT2D eigenvalue weighted by Crippen LogP contribution is 2.35. The maximum absolute atomic E-state index is 13.4. The van der Waals surface area contributed by atoms with Gasteiger partial charge in [-0.05, 0) is 31.4 Å². The van der Waals surface area contributed by atoms with Crippen LogP contribution in [0.5, 0.6) is 17.2 Å². The van der Waals surface area contributed by atoms with Crippen LogP contribution in [0.3, 0.4) is 0 Å². The lowest BCUT2D eigenvalue weighted by Crippen LogP contribution is -2.48. The number of hydrogen-bond donors (Lipinski definition) is 0. The molecule has 1 aromatic rings. The quantitative estimate of drug-likeness (QED) is 0.708. The molecule has 8 heteroatoms. The highest BCUT2D eigenvalue weighted by molar-refractivity contribution is 5.87. The molecular formula is C24H33N3O5. The van der Waals surface area contributed by atoms with Gasteiger partial charge in [0, 0.05) is 51.6 Å². The third-order valence-electron chi connectivity index (χ3n) is 7.20. The van der Waals surface area contributed by atoms with Crippen molar-refractivity contribution < 1.29 is 23.8 Å². The predicted molar refractivity (Wildman–Crippen MR) is 118 cm³/mol. The van der Waals surface area contributed by atoms with Crippen LogP contribution in [0.15, 0.2) is 18.2 Å². The van der Waals surface area contributed by atoms with Crippen molar-refractivity contribution in [1.82, 2.24) is 14.7 Å². The molecule has 1 saturated carbocycles. The van der Waals surface area contributed by atoms with E-state index in [9.17, 15) is 9.59 Å². The van der Waals surface area contributed by atoms with E-state index < -0.39 is 6.04 Å². The second-order valence-corrected chi connectivity index (χ2v) is 9.27. The highest BCUT2D eigenvalue weighted by Gasteiger charge is 2.42. The van der Waals surface area contributed by atoms with E-state index in [4.69, 9.17) is 14.2 Å². The second-order valence-electron chi connectivity index (χ2n) is 9.27. The fourth-order valence-electron chi connectivity index (χ4n) is 5.24. The van der Waals surface area contributed by atoms with E-state index in [1.807, 2.05) is 23.1 Å². The smallest absolute Gasteiger partial charge is 0.245 e. The minimum atomic E-state index is -0.454. The molecule has 1 aliphatic carbocycles. The molecular weight excluding hydrogens is 410 g/mol. The molecule has 0 bridgehead atoms. The number of amides is 2. The molecule has 2 atom stereocenters. The van der Waals surface area contributed by atoms with Crippen molar-refractivity contribution in [1.29, 1.82) is 0 Å². The number of carbonyl (C=O) groups excluding carboxylic acids is 2. The molecule has 32 heavy (non-hydrogen) atoms. The summed E-state index contributed by atoms with van der Waals surface area (Å²) >= 11 is 0. The summed E-state index contributed by atoms with van der Waals surface area (Å²) in [4.78, 5) is 32.0. The van der Waals surface area contributed by atoms with Crippen LogP contribution in [0.4, 0.5) is 0 Å². The first-order valence-electron chi connectivity index (χ1n) is 11.9. The lowest BCUT2D eigenvalue weighted by atomic mass is 9.91. The molecule has 3 fully saturated rings. The summed E-state index contributed by atoms with van der Waals surface area (Å²) in [5.41, 5.74) is 0. The number of likely N-dealkylation sites (tertiary alicyclic amines) is 1. The summed E-state index contributed by atoms with van der Waals surface area (Å²) in [6.45, 7) is 6.51. The molecule has 0 aromatic heterocycles. The Morgan fingerprint density at radius 1 is 1.00 bits per heavy atom. The van der Waals surface area contributed by atoms with E-state index in [0.717, 1.165) is 32.6 Å². The average Bonchev–Trinajstić information content (AvgIpc) is 3.03. The van der Waals surface area contributed by atoms with E-state index in [1.165, 1.54) is 26.2 Å². The normalized spacial score (nSPS) is 26.4. The third kappa shape index (κ3) is 4.37. The summed E-state index contributed by atoms with van der Waals surface area (Å²) in [5, 5.41) is 0. The van der Waals surface area contributed by atoms with Gasteiger partial charge in [0.1, 0.15) is 31.1 Å². The molecule has 0 spiro atoms. The van der Waals surface area contributed by atoms with Gasteiger partial charge in [-0.15, -0.1) is 0 Å². The first-order valence-corrected chi connectivity index (χ1v) is 11.9. The van der Waals surface area contributed by atoms with Crippen LogP contribution in [-0.4, -0.2) is 90.6 Å². The van der Waals surface area contributed by atoms with Crippen LogP contribution >= 0.6 is 0 Å². The van der Waals surface area contributed by atoms with Gasteiger partial charge in [0.15, 0.2) is 11.5 Å². The van der Waals surface area contributed by atoms with E-state index in [0.29, 0.717) is 49.5 Å². The minimum Gasteiger partial charge on any atom is -0.488 e. The lowest BCUT2D eigenvalue weighted by Gasteiger charge is -2.36. The van der Waals surface area contributed by atoms with Crippen molar-refractivity contribution >= 4 is 11.8 Å². The maximum atomic E-state index is 13.4. The Hall–Kier alpha value is -2.48. The number of carbonyl (C=O) groups is 2. The van der Waals surface area contributed by atoms with Crippen LogP contribution in [0, 0.1) is 0 Å². The van der Waals surface area contributed by atoms with Gasteiger partial charge in [0.05, 0.1) is 6.54 Å². The number of fused-ring (bicyclic) bond motifs is 1. The maximum Gasteiger partial charge on any atom is 0.245 e. The summed E-state index contributed by atoms with van der Waals surface area (Å²) in [6, 6.07) is 5.77. The first-order chi connectivity index (χ1) is 15.6. The van der Waals surface area contributed by atoms with Gasteiger partial charge in [-0.3, -0.25) is 14.5 Å². The van der Waals surface area contributed by atoms with E-state index in [-0.39, 0.29) is 17.9 Å². The molecule has 2 amide bonds. The molecule has 174 valence electrons. The molecule has 3 aliphatic heterocycles. The molecule has 0 N–H and O–H groups in total. The Bertz CT molecular complexity index is 858. The SMILES string of the molecule is CC(=O)N1C[C@@H](Oc2ccc3c(c2)OCCO3)C[C@@H]1C(=O)N1CCCN(C2CCC2)CC1. The van der Waals surface area contributed by atoms with Gasteiger partial charge in [0.25, 0.3) is 0 Å². The van der Waals surface area contributed by atoms with E-state index in [2.05, 4.69) is 4.90 Å². The zero-order valence-corrected chi connectivity index (χ0v) is 18.8. The summed E-state index contributed by atoms with van der Waals surface area (Å²) < 4.78 is 17.4. The Morgan fingerprint density at radius 3 is 2.56 bits per heavy atom. The second kappa shape index (κ2) is 9.17. The predicted octanol–water partition coefficient (Wildman–Crippen LogP) is 1.91. The third-order valence-corrected chi connectivity index (χ3v) is 7.20. The minimum absolute atomic E-state index is 0.0592. The average molecular weight is 444 g/mol. The topological polar surface area (TPSA) is 71.5 Å².